The molecule has 1 rings (SSSR count). The summed E-state index contributed by atoms with van der Waals surface area (Å²) in [5.41, 5.74) is 6.35. The van der Waals surface area contributed by atoms with Gasteiger partial charge in [-0.05, 0) is 25.1 Å². The van der Waals surface area contributed by atoms with E-state index in [0.717, 1.165) is 0 Å². The summed E-state index contributed by atoms with van der Waals surface area (Å²) in [6, 6.07) is 4.67. The molecule has 0 aliphatic rings. The van der Waals surface area contributed by atoms with Crippen LogP contribution in [0.25, 0.3) is 0 Å². The van der Waals surface area contributed by atoms with E-state index in [9.17, 15) is 4.39 Å². The number of anilines is 1. The summed E-state index contributed by atoms with van der Waals surface area (Å²) in [6.07, 6.45) is 0. The first-order valence-electron chi connectivity index (χ1n) is 4.89. The van der Waals surface area contributed by atoms with Gasteiger partial charge in [0.05, 0.1) is 12.3 Å². The van der Waals surface area contributed by atoms with Gasteiger partial charge in [0.15, 0.2) is 0 Å². The molecule has 0 aromatic heterocycles. The van der Waals surface area contributed by atoms with Crippen LogP contribution in [0.1, 0.15) is 12.5 Å². The lowest BCUT2D eigenvalue weighted by Gasteiger charge is -2.15. The third kappa shape index (κ3) is 3.43. The third-order valence-electron chi connectivity index (χ3n) is 2.07. The summed E-state index contributed by atoms with van der Waals surface area (Å²) in [7, 11) is 1.60. The Kier molecular flexibility index (Phi) is 4.64. The van der Waals surface area contributed by atoms with Gasteiger partial charge >= 0.3 is 0 Å². The van der Waals surface area contributed by atoms with E-state index in [0.29, 0.717) is 17.9 Å². The predicted molar refractivity (Wildman–Crippen MR) is 67.2 cm³/mol. The highest BCUT2D eigenvalue weighted by atomic mass is 32.1. The molecule has 0 fully saturated rings. The van der Waals surface area contributed by atoms with Crippen LogP contribution in [0.15, 0.2) is 18.2 Å². The van der Waals surface area contributed by atoms with E-state index < -0.39 is 0 Å². The minimum absolute atomic E-state index is 0.0372. The Hall–Kier alpha value is -1.20. The SMILES string of the molecule is COCC(C)Nc1ccc(C(N)=S)cc1F. The maximum atomic E-state index is 13.6. The van der Waals surface area contributed by atoms with Gasteiger partial charge in [0.1, 0.15) is 10.8 Å². The average molecular weight is 242 g/mol. The number of hydrogen-bond acceptors (Lipinski definition) is 3. The van der Waals surface area contributed by atoms with Crippen molar-refractivity contribution in [3.63, 3.8) is 0 Å². The van der Waals surface area contributed by atoms with E-state index in [1.807, 2.05) is 6.92 Å². The Bertz CT molecular complexity index is 384. The summed E-state index contributed by atoms with van der Waals surface area (Å²) >= 11 is 4.77. The van der Waals surface area contributed by atoms with Gasteiger partial charge in [0.2, 0.25) is 0 Å². The molecule has 0 saturated heterocycles. The van der Waals surface area contributed by atoms with E-state index in [1.54, 1.807) is 19.2 Å². The van der Waals surface area contributed by atoms with E-state index >= 15 is 0 Å². The van der Waals surface area contributed by atoms with Crippen molar-refractivity contribution in [3.05, 3.63) is 29.6 Å². The molecule has 0 spiro atoms. The highest BCUT2D eigenvalue weighted by Crippen LogP contribution is 2.16. The second kappa shape index (κ2) is 5.77. The number of benzene rings is 1. The van der Waals surface area contributed by atoms with Crippen molar-refractivity contribution in [1.82, 2.24) is 0 Å². The molecule has 1 aromatic carbocycles. The highest BCUT2D eigenvalue weighted by molar-refractivity contribution is 7.80. The van der Waals surface area contributed by atoms with Gasteiger partial charge in [-0.3, -0.25) is 0 Å². The molecule has 1 unspecified atom stereocenters. The second-order valence-electron chi connectivity index (χ2n) is 3.56. The topological polar surface area (TPSA) is 47.3 Å². The van der Waals surface area contributed by atoms with Crippen LogP contribution in [0.4, 0.5) is 10.1 Å². The lowest BCUT2D eigenvalue weighted by molar-refractivity contribution is 0.190. The maximum absolute atomic E-state index is 13.6. The number of hydrogen-bond donors (Lipinski definition) is 2. The Morgan fingerprint density at radius 1 is 1.62 bits per heavy atom. The van der Waals surface area contributed by atoms with Crippen molar-refractivity contribution in [1.29, 1.82) is 0 Å². The minimum Gasteiger partial charge on any atom is -0.389 e. The number of thiocarbonyl (C=S) groups is 1. The summed E-state index contributed by atoms with van der Waals surface area (Å²) < 4.78 is 18.5. The smallest absolute Gasteiger partial charge is 0.146 e. The molecule has 1 aromatic rings. The van der Waals surface area contributed by atoms with Crippen LogP contribution in [0.2, 0.25) is 0 Å². The van der Waals surface area contributed by atoms with Crippen LogP contribution >= 0.6 is 12.2 Å². The van der Waals surface area contributed by atoms with Gasteiger partial charge in [-0.2, -0.15) is 0 Å². The molecular weight excluding hydrogens is 227 g/mol. The van der Waals surface area contributed by atoms with Gasteiger partial charge in [0, 0.05) is 18.7 Å². The van der Waals surface area contributed by atoms with Crippen molar-refractivity contribution < 1.29 is 9.13 Å². The Labute approximate surface area is 99.8 Å². The number of methoxy groups -OCH3 is 1. The summed E-state index contributed by atoms with van der Waals surface area (Å²) in [4.78, 5) is 0.190. The molecule has 0 amide bonds. The van der Waals surface area contributed by atoms with Gasteiger partial charge in [-0.1, -0.05) is 12.2 Å². The van der Waals surface area contributed by atoms with E-state index in [-0.39, 0.29) is 16.8 Å². The molecule has 0 saturated carbocycles. The van der Waals surface area contributed by atoms with Crippen LogP contribution in [0, 0.1) is 5.82 Å². The zero-order valence-corrected chi connectivity index (χ0v) is 10.1. The van der Waals surface area contributed by atoms with Crippen LogP contribution in [0.5, 0.6) is 0 Å². The Balaban J connectivity index is 2.79. The first-order valence-corrected chi connectivity index (χ1v) is 5.30. The zero-order chi connectivity index (χ0) is 12.1. The van der Waals surface area contributed by atoms with Crippen molar-refractivity contribution in [3.8, 4) is 0 Å². The Morgan fingerprint density at radius 2 is 2.31 bits per heavy atom. The highest BCUT2D eigenvalue weighted by Gasteiger charge is 2.07. The first kappa shape index (κ1) is 12.9. The number of ether oxygens (including phenoxy) is 1. The van der Waals surface area contributed by atoms with Crippen LogP contribution in [-0.4, -0.2) is 24.7 Å². The fourth-order valence-corrected chi connectivity index (χ4v) is 1.47. The molecule has 3 N–H and O–H groups in total. The second-order valence-corrected chi connectivity index (χ2v) is 4.00. The standard InChI is InChI=1S/C11H15FN2OS/c1-7(6-15-2)14-10-4-3-8(11(13)16)5-9(10)12/h3-5,7,14H,6H2,1-2H3,(H2,13,16). The third-order valence-corrected chi connectivity index (χ3v) is 2.31. The lowest BCUT2D eigenvalue weighted by Crippen LogP contribution is -2.21. The first-order chi connectivity index (χ1) is 7.54. The number of nitrogens with two attached hydrogens (primary N) is 1. The molecule has 5 heteroatoms. The fourth-order valence-electron chi connectivity index (χ4n) is 1.34. The molecule has 3 nitrogen and oxygen atoms in total. The molecule has 0 aliphatic carbocycles. The van der Waals surface area contributed by atoms with Crippen molar-refractivity contribution in [2.75, 3.05) is 19.0 Å². The predicted octanol–water partition coefficient (Wildman–Crippen LogP) is 1.91. The van der Waals surface area contributed by atoms with Crippen LogP contribution in [0.3, 0.4) is 0 Å². The van der Waals surface area contributed by atoms with Crippen molar-refractivity contribution >= 4 is 22.9 Å². The average Bonchev–Trinajstić information content (AvgIpc) is 2.21. The molecule has 0 heterocycles. The molecule has 88 valence electrons. The van der Waals surface area contributed by atoms with Crippen LogP contribution in [-0.2, 0) is 4.74 Å². The van der Waals surface area contributed by atoms with E-state index in [4.69, 9.17) is 22.7 Å². The summed E-state index contributed by atoms with van der Waals surface area (Å²) in [5.74, 6) is -0.367. The monoisotopic (exact) mass is 242 g/mol. The largest absolute Gasteiger partial charge is 0.389 e. The molecule has 0 aliphatic heterocycles. The normalized spacial score (nSPS) is 12.2. The van der Waals surface area contributed by atoms with Crippen molar-refractivity contribution in [2.45, 2.75) is 13.0 Å². The summed E-state index contributed by atoms with van der Waals surface area (Å²) in [6.45, 7) is 2.42. The number of nitrogens with one attached hydrogen (secondary N) is 1. The fraction of sp³-hybridized carbons (Fsp3) is 0.364. The molecule has 16 heavy (non-hydrogen) atoms. The summed E-state index contributed by atoms with van der Waals surface area (Å²) in [5, 5.41) is 2.99. The lowest BCUT2D eigenvalue weighted by atomic mass is 10.2. The number of halogens is 1. The molecular formula is C11H15FN2OS. The van der Waals surface area contributed by atoms with Crippen LogP contribution < -0.4 is 11.1 Å². The quantitative estimate of drug-likeness (QED) is 0.774. The molecule has 1 atom stereocenters. The van der Waals surface area contributed by atoms with Gasteiger partial charge < -0.3 is 15.8 Å². The maximum Gasteiger partial charge on any atom is 0.146 e. The van der Waals surface area contributed by atoms with E-state index in [2.05, 4.69) is 5.32 Å². The molecule has 0 bridgehead atoms. The molecule has 0 radical (unpaired) electrons. The van der Waals surface area contributed by atoms with Gasteiger partial charge in [0.25, 0.3) is 0 Å². The van der Waals surface area contributed by atoms with E-state index in [1.165, 1.54) is 6.07 Å². The zero-order valence-electron chi connectivity index (χ0n) is 9.29. The number of rotatable bonds is 5. The minimum atomic E-state index is -0.367. The van der Waals surface area contributed by atoms with Gasteiger partial charge in [-0.15, -0.1) is 0 Å². The Morgan fingerprint density at radius 3 is 2.81 bits per heavy atom. The van der Waals surface area contributed by atoms with Crippen molar-refractivity contribution in [2.24, 2.45) is 5.73 Å². The van der Waals surface area contributed by atoms with Gasteiger partial charge in [-0.25, -0.2) is 4.39 Å².